The van der Waals surface area contributed by atoms with Gasteiger partial charge in [-0.25, -0.2) is 23.1 Å². The zero-order valence-corrected chi connectivity index (χ0v) is 12.1. The second-order valence-corrected chi connectivity index (χ2v) is 6.31. The molecule has 0 bridgehead atoms. The topological polar surface area (TPSA) is 98.0 Å². The fraction of sp³-hybridized carbons (Fsp3) is 0.0909. The van der Waals surface area contributed by atoms with Crippen LogP contribution < -0.4 is 10.5 Å². The van der Waals surface area contributed by atoms with Crippen LogP contribution in [0.4, 0.5) is 5.95 Å². The quantitative estimate of drug-likeness (QED) is 0.872. The Balaban J connectivity index is 2.14. The molecule has 6 nitrogen and oxygen atoms in total. The number of anilines is 1. The van der Waals surface area contributed by atoms with Crippen molar-refractivity contribution in [2.24, 2.45) is 0 Å². The molecular formula is C11H11BrN4O2S. The predicted octanol–water partition coefficient (Wildman–Crippen LogP) is 1.30. The van der Waals surface area contributed by atoms with Gasteiger partial charge >= 0.3 is 0 Å². The van der Waals surface area contributed by atoms with Gasteiger partial charge in [-0.15, -0.1) is 0 Å². The van der Waals surface area contributed by atoms with E-state index in [4.69, 9.17) is 5.73 Å². The van der Waals surface area contributed by atoms with Gasteiger partial charge in [0.15, 0.2) is 0 Å². The van der Waals surface area contributed by atoms with Gasteiger partial charge in [0, 0.05) is 11.0 Å². The summed E-state index contributed by atoms with van der Waals surface area (Å²) in [7, 11) is -3.64. The third-order valence-electron chi connectivity index (χ3n) is 2.37. The number of rotatable bonds is 4. The maximum Gasteiger partial charge on any atom is 0.243 e. The average Bonchev–Trinajstić information content (AvgIpc) is 2.38. The van der Waals surface area contributed by atoms with Crippen LogP contribution >= 0.6 is 15.9 Å². The highest BCUT2D eigenvalue weighted by Crippen LogP contribution is 2.16. The fourth-order valence-electron chi connectivity index (χ4n) is 1.36. The zero-order chi connectivity index (χ0) is 13.9. The third-order valence-corrected chi connectivity index (χ3v) is 4.50. The van der Waals surface area contributed by atoms with Crippen LogP contribution in [-0.4, -0.2) is 18.4 Å². The Kier molecular flexibility index (Phi) is 4.13. The molecule has 3 N–H and O–H groups in total. The van der Waals surface area contributed by atoms with E-state index in [2.05, 4.69) is 30.6 Å². The van der Waals surface area contributed by atoms with E-state index in [1.165, 1.54) is 12.4 Å². The van der Waals surface area contributed by atoms with Crippen LogP contribution in [0, 0.1) is 0 Å². The van der Waals surface area contributed by atoms with Crippen molar-refractivity contribution in [3.8, 4) is 0 Å². The smallest absolute Gasteiger partial charge is 0.243 e. The summed E-state index contributed by atoms with van der Waals surface area (Å²) in [5.41, 5.74) is 6.15. The molecule has 0 aliphatic heterocycles. The van der Waals surface area contributed by atoms with E-state index in [-0.39, 0.29) is 17.4 Å². The van der Waals surface area contributed by atoms with Crippen molar-refractivity contribution in [2.45, 2.75) is 11.4 Å². The molecule has 2 rings (SSSR count). The number of nitrogens with two attached hydrogens (primary N) is 1. The maximum absolute atomic E-state index is 12.0. The predicted molar refractivity (Wildman–Crippen MR) is 74.6 cm³/mol. The SMILES string of the molecule is Nc1ncc(S(=O)(=O)NCc2ccccc2Br)cn1. The lowest BCUT2D eigenvalue weighted by Crippen LogP contribution is -2.23. The van der Waals surface area contributed by atoms with Gasteiger partial charge in [0.25, 0.3) is 0 Å². The molecule has 8 heteroatoms. The molecule has 0 saturated carbocycles. The lowest BCUT2D eigenvalue weighted by molar-refractivity contribution is 0.580. The Labute approximate surface area is 119 Å². The van der Waals surface area contributed by atoms with Gasteiger partial charge < -0.3 is 5.73 Å². The fourth-order valence-corrected chi connectivity index (χ4v) is 2.68. The van der Waals surface area contributed by atoms with Crippen LogP contribution in [-0.2, 0) is 16.6 Å². The van der Waals surface area contributed by atoms with Crippen molar-refractivity contribution in [3.63, 3.8) is 0 Å². The van der Waals surface area contributed by atoms with Crippen LogP contribution in [0.3, 0.4) is 0 Å². The summed E-state index contributed by atoms with van der Waals surface area (Å²) in [4.78, 5) is 7.29. The molecule has 0 aliphatic rings. The number of sulfonamides is 1. The van der Waals surface area contributed by atoms with E-state index < -0.39 is 10.0 Å². The van der Waals surface area contributed by atoms with Crippen LogP contribution in [0.15, 0.2) is 46.0 Å². The highest BCUT2D eigenvalue weighted by atomic mass is 79.9. The highest BCUT2D eigenvalue weighted by molar-refractivity contribution is 9.10. The average molecular weight is 343 g/mol. The van der Waals surface area contributed by atoms with Crippen LogP contribution in [0.1, 0.15) is 5.56 Å². The van der Waals surface area contributed by atoms with Gasteiger partial charge in [0.05, 0.1) is 12.4 Å². The molecule has 1 aromatic heterocycles. The monoisotopic (exact) mass is 342 g/mol. The summed E-state index contributed by atoms with van der Waals surface area (Å²) in [5, 5.41) is 0. The molecule has 19 heavy (non-hydrogen) atoms. The lowest BCUT2D eigenvalue weighted by Gasteiger charge is -2.07. The van der Waals surface area contributed by atoms with Crippen molar-refractivity contribution in [3.05, 3.63) is 46.7 Å². The molecule has 0 atom stereocenters. The molecule has 0 unspecified atom stereocenters. The Hall–Kier alpha value is -1.51. The van der Waals surface area contributed by atoms with Gasteiger partial charge in [0.1, 0.15) is 4.90 Å². The minimum Gasteiger partial charge on any atom is -0.368 e. The van der Waals surface area contributed by atoms with E-state index in [1.54, 1.807) is 0 Å². The minimum atomic E-state index is -3.64. The van der Waals surface area contributed by atoms with Crippen LogP contribution in [0.5, 0.6) is 0 Å². The number of nitrogen functional groups attached to an aromatic ring is 1. The van der Waals surface area contributed by atoms with Crippen LogP contribution in [0.2, 0.25) is 0 Å². The molecule has 0 spiro atoms. The largest absolute Gasteiger partial charge is 0.368 e. The Morgan fingerprint density at radius 1 is 1.21 bits per heavy atom. The van der Waals surface area contributed by atoms with E-state index >= 15 is 0 Å². The van der Waals surface area contributed by atoms with Crippen molar-refractivity contribution >= 4 is 31.9 Å². The minimum absolute atomic E-state index is 0.0197. The summed E-state index contributed by atoms with van der Waals surface area (Å²) in [6, 6.07) is 7.36. The first kappa shape index (κ1) is 13.9. The summed E-state index contributed by atoms with van der Waals surface area (Å²) in [6.45, 7) is 0.175. The van der Waals surface area contributed by atoms with Gasteiger partial charge in [-0.05, 0) is 11.6 Å². The summed E-state index contributed by atoms with van der Waals surface area (Å²) < 4.78 is 27.3. The standard InChI is InChI=1S/C11H11BrN4O2S/c12-10-4-2-1-3-8(10)5-16-19(17,18)9-6-14-11(13)15-7-9/h1-4,6-7,16H,5H2,(H2,13,14,15). The summed E-state index contributed by atoms with van der Waals surface area (Å²) in [5.74, 6) is 0.0322. The Morgan fingerprint density at radius 2 is 1.84 bits per heavy atom. The molecule has 0 fully saturated rings. The van der Waals surface area contributed by atoms with E-state index in [1.807, 2.05) is 24.3 Å². The molecule has 1 aromatic carbocycles. The number of hydrogen-bond donors (Lipinski definition) is 2. The normalized spacial score (nSPS) is 11.4. The number of aromatic nitrogens is 2. The molecule has 2 aromatic rings. The van der Waals surface area contributed by atoms with Gasteiger partial charge in [-0.1, -0.05) is 34.1 Å². The number of hydrogen-bond acceptors (Lipinski definition) is 5. The summed E-state index contributed by atoms with van der Waals surface area (Å²) in [6.07, 6.45) is 2.34. The van der Waals surface area contributed by atoms with Crippen molar-refractivity contribution in [1.29, 1.82) is 0 Å². The van der Waals surface area contributed by atoms with E-state index in [0.717, 1.165) is 10.0 Å². The van der Waals surface area contributed by atoms with Gasteiger partial charge in [-0.3, -0.25) is 0 Å². The first-order valence-corrected chi connectivity index (χ1v) is 7.57. The van der Waals surface area contributed by atoms with E-state index in [9.17, 15) is 8.42 Å². The number of benzene rings is 1. The number of halogens is 1. The Morgan fingerprint density at radius 3 is 2.47 bits per heavy atom. The molecule has 0 radical (unpaired) electrons. The summed E-state index contributed by atoms with van der Waals surface area (Å²) >= 11 is 3.35. The first-order valence-electron chi connectivity index (χ1n) is 5.29. The van der Waals surface area contributed by atoms with E-state index in [0.29, 0.717) is 0 Å². The van der Waals surface area contributed by atoms with Crippen molar-refractivity contribution in [2.75, 3.05) is 5.73 Å². The number of nitrogens with one attached hydrogen (secondary N) is 1. The highest BCUT2D eigenvalue weighted by Gasteiger charge is 2.15. The molecule has 0 aliphatic carbocycles. The second kappa shape index (κ2) is 5.64. The molecule has 0 saturated heterocycles. The number of nitrogens with zero attached hydrogens (tertiary/aromatic N) is 2. The van der Waals surface area contributed by atoms with Gasteiger partial charge in [0.2, 0.25) is 16.0 Å². The van der Waals surface area contributed by atoms with Crippen LogP contribution in [0.25, 0.3) is 0 Å². The maximum atomic E-state index is 12.0. The molecule has 1 heterocycles. The molecule has 100 valence electrons. The zero-order valence-electron chi connectivity index (χ0n) is 9.75. The molecule has 0 amide bonds. The van der Waals surface area contributed by atoms with Crippen molar-refractivity contribution < 1.29 is 8.42 Å². The third kappa shape index (κ3) is 3.49. The lowest BCUT2D eigenvalue weighted by atomic mass is 10.2. The Bertz CT molecular complexity index is 673. The first-order chi connectivity index (χ1) is 8.99. The van der Waals surface area contributed by atoms with Crippen molar-refractivity contribution in [1.82, 2.24) is 14.7 Å². The second-order valence-electron chi connectivity index (χ2n) is 3.69. The van der Waals surface area contributed by atoms with Gasteiger partial charge in [-0.2, -0.15) is 0 Å². The molecular weight excluding hydrogens is 332 g/mol.